The van der Waals surface area contributed by atoms with Crippen LogP contribution in [0.1, 0.15) is 28.0 Å². The summed E-state index contributed by atoms with van der Waals surface area (Å²) in [6.07, 6.45) is 1.30. The van der Waals surface area contributed by atoms with Crippen LogP contribution in [0, 0.1) is 0 Å². The van der Waals surface area contributed by atoms with E-state index in [9.17, 15) is 9.59 Å². The summed E-state index contributed by atoms with van der Waals surface area (Å²) in [6.45, 7) is 1.34. The molecule has 0 radical (unpaired) electrons. The summed E-state index contributed by atoms with van der Waals surface area (Å²) in [5.41, 5.74) is 5.49. The van der Waals surface area contributed by atoms with Gasteiger partial charge in [0.1, 0.15) is 11.9 Å². The molecule has 1 amide bonds. The number of hydrogen-bond donors (Lipinski definition) is 1. The van der Waals surface area contributed by atoms with Crippen LogP contribution in [0.25, 0.3) is 0 Å². The molecule has 0 aliphatic carbocycles. The van der Waals surface area contributed by atoms with E-state index in [0.717, 1.165) is 0 Å². The molecular formula is C12H10N2O4. The van der Waals surface area contributed by atoms with E-state index in [0.29, 0.717) is 11.3 Å². The van der Waals surface area contributed by atoms with E-state index < -0.39 is 5.91 Å². The van der Waals surface area contributed by atoms with E-state index in [-0.39, 0.29) is 17.6 Å². The normalized spacial score (nSPS) is 10.1. The maximum atomic E-state index is 11.0. The number of rotatable bonds is 4. The predicted molar refractivity (Wildman–Crippen MR) is 61.5 cm³/mol. The highest BCUT2D eigenvalue weighted by Crippen LogP contribution is 2.22. The molecule has 1 heterocycles. The Morgan fingerprint density at radius 2 is 1.94 bits per heavy atom. The molecule has 0 fully saturated rings. The van der Waals surface area contributed by atoms with Crippen molar-refractivity contribution in [1.29, 1.82) is 0 Å². The van der Waals surface area contributed by atoms with Crippen LogP contribution in [0.2, 0.25) is 0 Å². The van der Waals surface area contributed by atoms with Gasteiger partial charge < -0.3 is 14.9 Å². The molecule has 0 spiro atoms. The van der Waals surface area contributed by atoms with Crippen LogP contribution < -0.4 is 10.5 Å². The summed E-state index contributed by atoms with van der Waals surface area (Å²) in [7, 11) is 0. The van der Waals surface area contributed by atoms with Crippen molar-refractivity contribution in [3.63, 3.8) is 0 Å². The van der Waals surface area contributed by atoms with E-state index >= 15 is 0 Å². The number of amides is 1. The molecule has 0 saturated carbocycles. The number of carbonyl (C=O) groups excluding carboxylic acids is 2. The Morgan fingerprint density at radius 3 is 2.44 bits per heavy atom. The van der Waals surface area contributed by atoms with Gasteiger partial charge in [0.05, 0.1) is 0 Å². The first-order valence-corrected chi connectivity index (χ1v) is 5.11. The number of nitrogens with two attached hydrogens (primary N) is 1. The fourth-order valence-corrected chi connectivity index (χ4v) is 1.27. The van der Waals surface area contributed by atoms with Crippen molar-refractivity contribution in [1.82, 2.24) is 4.98 Å². The number of benzene rings is 1. The molecular weight excluding hydrogens is 236 g/mol. The summed E-state index contributed by atoms with van der Waals surface area (Å²) in [6, 6.07) is 6.19. The van der Waals surface area contributed by atoms with Crippen molar-refractivity contribution in [2.75, 3.05) is 0 Å². The van der Waals surface area contributed by atoms with Crippen LogP contribution in [0.3, 0.4) is 0 Å². The zero-order valence-electron chi connectivity index (χ0n) is 9.54. The molecule has 2 rings (SSSR count). The molecule has 6 nitrogen and oxygen atoms in total. The zero-order chi connectivity index (χ0) is 13.1. The Morgan fingerprint density at radius 1 is 1.28 bits per heavy atom. The van der Waals surface area contributed by atoms with E-state index in [2.05, 4.69) is 4.98 Å². The monoisotopic (exact) mass is 246 g/mol. The van der Waals surface area contributed by atoms with Gasteiger partial charge in [-0.3, -0.25) is 9.59 Å². The van der Waals surface area contributed by atoms with Gasteiger partial charge in [0.25, 0.3) is 5.89 Å². The second-order valence-electron chi connectivity index (χ2n) is 3.53. The van der Waals surface area contributed by atoms with E-state index in [1.165, 1.54) is 25.3 Å². The molecule has 0 aliphatic rings. The van der Waals surface area contributed by atoms with Crippen molar-refractivity contribution in [3.05, 3.63) is 41.9 Å². The van der Waals surface area contributed by atoms with Gasteiger partial charge in [0.15, 0.2) is 0 Å². The lowest BCUT2D eigenvalue weighted by atomic mass is 10.2. The number of primary amides is 1. The van der Waals surface area contributed by atoms with Gasteiger partial charge in [0.2, 0.25) is 11.7 Å². The summed E-state index contributed by atoms with van der Waals surface area (Å²) >= 11 is 0. The minimum Gasteiger partial charge on any atom is -0.425 e. The number of hydrogen-bond acceptors (Lipinski definition) is 5. The lowest BCUT2D eigenvalue weighted by Gasteiger charge is -2.01. The molecule has 6 heteroatoms. The summed E-state index contributed by atoms with van der Waals surface area (Å²) in [5.74, 6) is -0.258. The highest BCUT2D eigenvalue weighted by atomic mass is 16.6. The topological polar surface area (TPSA) is 95.4 Å². The number of carbonyl (C=O) groups is 2. The minimum atomic E-state index is -0.514. The van der Waals surface area contributed by atoms with Gasteiger partial charge in [-0.2, -0.15) is 0 Å². The molecule has 2 N–H and O–H groups in total. The fourth-order valence-electron chi connectivity index (χ4n) is 1.27. The first-order valence-electron chi connectivity index (χ1n) is 5.11. The Labute approximate surface area is 102 Å². The average molecular weight is 246 g/mol. The number of ether oxygens (including phenoxy) is 1. The molecule has 0 aliphatic heterocycles. The van der Waals surface area contributed by atoms with Crippen LogP contribution in [-0.2, 0) is 0 Å². The highest BCUT2D eigenvalue weighted by molar-refractivity contribution is 5.92. The molecule has 1 aromatic carbocycles. The largest absolute Gasteiger partial charge is 0.425 e. The van der Waals surface area contributed by atoms with Gasteiger partial charge in [-0.25, -0.2) is 4.98 Å². The van der Waals surface area contributed by atoms with E-state index in [1.807, 2.05) is 0 Å². The van der Waals surface area contributed by atoms with Crippen molar-refractivity contribution < 1.29 is 18.7 Å². The van der Waals surface area contributed by atoms with Crippen LogP contribution >= 0.6 is 0 Å². The molecule has 0 unspecified atom stereocenters. The van der Waals surface area contributed by atoms with Crippen LogP contribution in [-0.4, -0.2) is 16.7 Å². The average Bonchev–Trinajstić information content (AvgIpc) is 2.78. The molecule has 0 saturated heterocycles. The summed E-state index contributed by atoms with van der Waals surface area (Å²) in [4.78, 5) is 25.6. The van der Waals surface area contributed by atoms with E-state index in [1.54, 1.807) is 12.1 Å². The Bertz CT molecular complexity index is 586. The Hall–Kier alpha value is -2.63. The third kappa shape index (κ3) is 2.54. The second kappa shape index (κ2) is 4.70. The lowest BCUT2D eigenvalue weighted by molar-refractivity contribution is 0.0973. The van der Waals surface area contributed by atoms with Gasteiger partial charge in [-0.15, -0.1) is 0 Å². The number of ketones is 1. The minimum absolute atomic E-state index is 0.0150. The Balaban J connectivity index is 2.13. The Kier molecular flexibility index (Phi) is 3.09. The summed E-state index contributed by atoms with van der Waals surface area (Å²) in [5, 5.41) is 0. The van der Waals surface area contributed by atoms with Gasteiger partial charge in [-0.1, -0.05) is 0 Å². The highest BCUT2D eigenvalue weighted by Gasteiger charge is 2.09. The summed E-state index contributed by atoms with van der Waals surface area (Å²) < 4.78 is 10.4. The van der Waals surface area contributed by atoms with Crippen LogP contribution in [0.5, 0.6) is 11.7 Å². The number of aromatic nitrogens is 1. The maximum Gasteiger partial charge on any atom is 0.311 e. The smallest absolute Gasteiger partial charge is 0.311 e. The maximum absolute atomic E-state index is 11.0. The lowest BCUT2D eigenvalue weighted by Crippen LogP contribution is -2.10. The SMILES string of the molecule is CC(=O)c1ncc(Oc2ccc(C(N)=O)cc2)o1. The third-order valence-electron chi connectivity index (χ3n) is 2.14. The van der Waals surface area contributed by atoms with Gasteiger partial charge >= 0.3 is 5.95 Å². The third-order valence-corrected chi connectivity index (χ3v) is 2.14. The number of Topliss-reactive ketones (excluding diaryl/α,β-unsaturated/α-hetero) is 1. The second-order valence-corrected chi connectivity index (χ2v) is 3.53. The quantitative estimate of drug-likeness (QED) is 0.829. The van der Waals surface area contributed by atoms with Crippen molar-refractivity contribution >= 4 is 11.7 Å². The van der Waals surface area contributed by atoms with Crippen molar-refractivity contribution in [2.45, 2.75) is 6.92 Å². The van der Waals surface area contributed by atoms with E-state index in [4.69, 9.17) is 14.9 Å². The molecule has 2 aromatic rings. The van der Waals surface area contributed by atoms with Crippen molar-refractivity contribution in [3.8, 4) is 11.7 Å². The molecule has 0 bridgehead atoms. The number of oxazole rings is 1. The van der Waals surface area contributed by atoms with Crippen LogP contribution in [0.4, 0.5) is 0 Å². The predicted octanol–water partition coefficient (Wildman–Crippen LogP) is 1.77. The molecule has 1 aromatic heterocycles. The van der Waals surface area contributed by atoms with Gasteiger partial charge in [0, 0.05) is 12.5 Å². The molecule has 92 valence electrons. The van der Waals surface area contributed by atoms with Gasteiger partial charge in [-0.05, 0) is 24.3 Å². The molecule has 18 heavy (non-hydrogen) atoms. The first kappa shape index (κ1) is 11.8. The fraction of sp³-hybridized carbons (Fsp3) is 0.0833. The first-order chi connectivity index (χ1) is 8.56. The van der Waals surface area contributed by atoms with Crippen molar-refractivity contribution in [2.24, 2.45) is 5.73 Å². The van der Waals surface area contributed by atoms with Crippen LogP contribution in [0.15, 0.2) is 34.9 Å². The molecule has 0 atom stereocenters. The number of nitrogens with zero attached hydrogens (tertiary/aromatic N) is 1. The zero-order valence-corrected chi connectivity index (χ0v) is 9.54. The standard InChI is InChI=1S/C12H10N2O4/c1-7(15)12-14-6-10(18-12)17-9-4-2-8(3-5-9)11(13)16/h2-6H,1H3,(H2,13,16).